The zero-order chi connectivity index (χ0) is 8.53. The maximum atomic E-state index is 10.7. The molecule has 0 rings (SSSR count). The van der Waals surface area contributed by atoms with E-state index in [1.165, 1.54) is 0 Å². The van der Waals surface area contributed by atoms with Crippen LogP contribution in [0.2, 0.25) is 0 Å². The Balaban J connectivity index is 3.24. The summed E-state index contributed by atoms with van der Waals surface area (Å²) < 4.78 is 20.0. The fourth-order valence-corrected chi connectivity index (χ4v) is 0.937. The summed E-state index contributed by atoms with van der Waals surface area (Å²) in [5, 5.41) is 0. The molecule has 0 aromatic heterocycles. The van der Waals surface area contributed by atoms with Gasteiger partial charge in [-0.3, -0.25) is 9.09 Å². The molecule has 0 bridgehead atoms. The van der Waals surface area contributed by atoms with Crippen LogP contribution in [0.4, 0.5) is 0 Å². The summed E-state index contributed by atoms with van der Waals surface area (Å²) in [7, 11) is -2.36. The van der Waals surface area contributed by atoms with E-state index in [2.05, 4.69) is 17.0 Å². The Morgan fingerprint density at radius 1 is 1.64 bits per heavy atom. The van der Waals surface area contributed by atoms with Gasteiger partial charge in [-0.1, -0.05) is 12.0 Å². The molecule has 0 aliphatic rings. The van der Waals surface area contributed by atoms with Gasteiger partial charge in [-0.25, -0.2) is 0 Å². The lowest BCUT2D eigenvalue weighted by Gasteiger charge is -1.99. The lowest BCUT2D eigenvalue weighted by atomic mass is 10.5. The molecule has 0 saturated heterocycles. The molecule has 0 aliphatic carbocycles. The van der Waals surface area contributed by atoms with Gasteiger partial charge in [-0.05, 0) is 6.42 Å². The van der Waals surface area contributed by atoms with Crippen LogP contribution in [0.3, 0.4) is 0 Å². The molecule has 0 aliphatic heterocycles. The average Bonchev–Trinajstić information content (AvgIpc) is 2.01. The van der Waals surface area contributed by atoms with Crippen LogP contribution >= 0.6 is 8.25 Å². The van der Waals surface area contributed by atoms with Gasteiger partial charge in [0.2, 0.25) is 0 Å². The van der Waals surface area contributed by atoms with E-state index < -0.39 is 8.25 Å². The van der Waals surface area contributed by atoms with Crippen molar-refractivity contribution in [1.82, 2.24) is 0 Å². The van der Waals surface area contributed by atoms with Crippen LogP contribution in [0.25, 0.3) is 0 Å². The summed E-state index contributed by atoms with van der Waals surface area (Å²) in [4.78, 5) is 0. The molecule has 0 saturated carbocycles. The van der Waals surface area contributed by atoms with Crippen molar-refractivity contribution in [3.8, 4) is 12.3 Å². The van der Waals surface area contributed by atoms with Crippen LogP contribution in [0, 0.1) is 12.3 Å². The summed E-state index contributed by atoms with van der Waals surface area (Å²) in [5.41, 5.74) is 0. The van der Waals surface area contributed by atoms with Gasteiger partial charge in [0.05, 0.1) is 6.61 Å². The normalized spacial score (nSPS) is 11.9. The SMILES string of the molecule is C#CCO[PH](=O)OCCC=C. The molecule has 3 nitrogen and oxygen atoms in total. The monoisotopic (exact) mass is 174 g/mol. The fraction of sp³-hybridized carbons (Fsp3) is 0.429. The lowest BCUT2D eigenvalue weighted by molar-refractivity contribution is 0.247. The molecule has 62 valence electrons. The van der Waals surface area contributed by atoms with E-state index in [0.717, 1.165) is 0 Å². The highest BCUT2D eigenvalue weighted by molar-refractivity contribution is 7.33. The first kappa shape index (κ1) is 10.4. The summed E-state index contributed by atoms with van der Waals surface area (Å²) in [6, 6.07) is 0. The fourth-order valence-electron chi connectivity index (χ4n) is 0.368. The lowest BCUT2D eigenvalue weighted by Crippen LogP contribution is -1.87. The van der Waals surface area contributed by atoms with Gasteiger partial charge in [-0.2, -0.15) is 0 Å². The third-order valence-electron chi connectivity index (χ3n) is 0.815. The van der Waals surface area contributed by atoms with Gasteiger partial charge in [-0.15, -0.1) is 13.0 Å². The highest BCUT2D eigenvalue weighted by Crippen LogP contribution is 2.22. The van der Waals surface area contributed by atoms with Crippen LogP contribution in [0.15, 0.2) is 12.7 Å². The standard InChI is InChI=1S/C7H11O3P/c1-3-5-7-10-11(8)9-6-4-2/h2-3,11H,1,5-7H2. The van der Waals surface area contributed by atoms with Crippen molar-refractivity contribution in [2.45, 2.75) is 6.42 Å². The van der Waals surface area contributed by atoms with Crippen LogP contribution in [0.5, 0.6) is 0 Å². The van der Waals surface area contributed by atoms with Crippen molar-refractivity contribution in [2.75, 3.05) is 13.2 Å². The molecule has 0 radical (unpaired) electrons. The van der Waals surface area contributed by atoms with E-state index in [4.69, 9.17) is 10.9 Å². The van der Waals surface area contributed by atoms with E-state index in [-0.39, 0.29) is 6.61 Å². The largest absolute Gasteiger partial charge is 0.320 e. The average molecular weight is 174 g/mol. The van der Waals surface area contributed by atoms with Crippen molar-refractivity contribution in [2.24, 2.45) is 0 Å². The Hall–Kier alpha value is -0.550. The van der Waals surface area contributed by atoms with Gasteiger partial charge >= 0.3 is 8.25 Å². The van der Waals surface area contributed by atoms with Crippen molar-refractivity contribution < 1.29 is 13.6 Å². The number of hydrogen-bond acceptors (Lipinski definition) is 3. The van der Waals surface area contributed by atoms with E-state index in [9.17, 15) is 4.57 Å². The molecule has 0 spiro atoms. The molecular weight excluding hydrogens is 163 g/mol. The molecule has 0 aromatic rings. The van der Waals surface area contributed by atoms with Gasteiger partial charge in [0.15, 0.2) is 0 Å². The number of terminal acetylenes is 1. The second-order valence-electron chi connectivity index (χ2n) is 1.67. The Kier molecular flexibility index (Phi) is 7.18. The summed E-state index contributed by atoms with van der Waals surface area (Å²) in [6.07, 6.45) is 7.20. The summed E-state index contributed by atoms with van der Waals surface area (Å²) in [5.74, 6) is 2.19. The van der Waals surface area contributed by atoms with Gasteiger partial charge in [0, 0.05) is 0 Å². The van der Waals surface area contributed by atoms with Crippen LogP contribution in [-0.2, 0) is 13.6 Å². The highest BCUT2D eigenvalue weighted by atomic mass is 31.1. The maximum absolute atomic E-state index is 10.7. The van der Waals surface area contributed by atoms with Crippen molar-refractivity contribution in [3.05, 3.63) is 12.7 Å². The van der Waals surface area contributed by atoms with Crippen molar-refractivity contribution in [3.63, 3.8) is 0 Å². The zero-order valence-electron chi connectivity index (χ0n) is 6.21. The minimum absolute atomic E-state index is 0.0336. The van der Waals surface area contributed by atoms with Crippen LogP contribution < -0.4 is 0 Å². The minimum atomic E-state index is -2.36. The molecule has 4 heteroatoms. The molecule has 0 heterocycles. The second-order valence-corrected chi connectivity index (χ2v) is 2.75. The van der Waals surface area contributed by atoms with E-state index >= 15 is 0 Å². The second kappa shape index (κ2) is 7.56. The quantitative estimate of drug-likeness (QED) is 0.265. The minimum Gasteiger partial charge on any atom is -0.310 e. The Morgan fingerprint density at radius 2 is 2.36 bits per heavy atom. The van der Waals surface area contributed by atoms with Gasteiger partial charge < -0.3 is 4.52 Å². The first-order chi connectivity index (χ1) is 5.31. The predicted molar refractivity (Wildman–Crippen MR) is 44.6 cm³/mol. The van der Waals surface area contributed by atoms with Crippen molar-refractivity contribution >= 4 is 8.25 Å². The van der Waals surface area contributed by atoms with Gasteiger partial charge in [0.25, 0.3) is 0 Å². The molecule has 0 N–H and O–H groups in total. The smallest absolute Gasteiger partial charge is 0.310 e. The first-order valence-corrected chi connectivity index (χ1v) is 4.37. The third-order valence-corrected chi connectivity index (χ3v) is 1.64. The van der Waals surface area contributed by atoms with Crippen molar-refractivity contribution in [1.29, 1.82) is 0 Å². The van der Waals surface area contributed by atoms with E-state index in [1.807, 2.05) is 0 Å². The molecule has 0 aromatic carbocycles. The Labute approximate surface area is 67.3 Å². The third kappa shape index (κ3) is 7.35. The van der Waals surface area contributed by atoms with E-state index in [0.29, 0.717) is 13.0 Å². The number of rotatable bonds is 6. The zero-order valence-corrected chi connectivity index (χ0v) is 7.21. The Bertz CT molecular complexity index is 171. The summed E-state index contributed by atoms with van der Waals surface area (Å²) in [6.45, 7) is 3.88. The maximum Gasteiger partial charge on any atom is 0.320 e. The highest BCUT2D eigenvalue weighted by Gasteiger charge is 1.95. The molecule has 11 heavy (non-hydrogen) atoms. The first-order valence-electron chi connectivity index (χ1n) is 3.15. The molecule has 0 amide bonds. The Morgan fingerprint density at radius 3 is 2.91 bits per heavy atom. The van der Waals surface area contributed by atoms with Gasteiger partial charge in [0.1, 0.15) is 6.61 Å². The van der Waals surface area contributed by atoms with E-state index in [1.54, 1.807) is 6.08 Å². The van der Waals surface area contributed by atoms with Crippen LogP contribution in [-0.4, -0.2) is 13.2 Å². The summed E-state index contributed by atoms with van der Waals surface area (Å²) >= 11 is 0. The molecule has 1 atom stereocenters. The molecular formula is C7H11O3P. The molecule has 1 unspecified atom stereocenters. The topological polar surface area (TPSA) is 35.5 Å². The number of hydrogen-bond donors (Lipinski definition) is 0. The molecule has 0 fully saturated rings. The van der Waals surface area contributed by atoms with Crippen LogP contribution in [0.1, 0.15) is 6.42 Å². The predicted octanol–water partition coefficient (Wildman–Crippen LogP) is 1.62.